The molecule has 0 saturated heterocycles. The third kappa shape index (κ3) is 2.02. The Morgan fingerprint density at radius 2 is 2.07 bits per heavy atom. The monoisotopic (exact) mass is 193 g/mol. The second-order valence-corrected chi connectivity index (χ2v) is 3.32. The van der Waals surface area contributed by atoms with Crippen molar-refractivity contribution < 1.29 is 9.13 Å². The molecule has 0 unspecified atom stereocenters. The lowest BCUT2D eigenvalue weighted by atomic mass is 10.1. The Balaban J connectivity index is 3.16. The smallest absolute Gasteiger partial charge is 0.141 e. The van der Waals surface area contributed by atoms with Crippen molar-refractivity contribution in [1.29, 1.82) is 5.26 Å². The molecule has 1 rings (SSSR count). The first-order valence-corrected chi connectivity index (χ1v) is 4.42. The molecule has 0 aliphatic heterocycles. The van der Waals surface area contributed by atoms with Crippen LogP contribution in [0, 0.1) is 24.1 Å². The van der Waals surface area contributed by atoms with Crippen LogP contribution in [-0.4, -0.2) is 6.10 Å². The van der Waals surface area contributed by atoms with Gasteiger partial charge in [0, 0.05) is 5.56 Å². The van der Waals surface area contributed by atoms with Crippen LogP contribution in [-0.2, 0) is 0 Å². The molecule has 0 spiro atoms. The van der Waals surface area contributed by atoms with Crippen molar-refractivity contribution in [1.82, 2.24) is 0 Å². The Labute approximate surface area is 82.9 Å². The molecule has 0 radical (unpaired) electrons. The first-order chi connectivity index (χ1) is 6.56. The summed E-state index contributed by atoms with van der Waals surface area (Å²) in [5.74, 6) is 0.0686. The van der Waals surface area contributed by atoms with Crippen LogP contribution in [0.3, 0.4) is 0 Å². The van der Waals surface area contributed by atoms with E-state index in [0.29, 0.717) is 11.3 Å². The van der Waals surface area contributed by atoms with Gasteiger partial charge >= 0.3 is 0 Å². The van der Waals surface area contributed by atoms with E-state index in [9.17, 15) is 4.39 Å². The van der Waals surface area contributed by atoms with Crippen molar-refractivity contribution in [2.75, 3.05) is 0 Å². The van der Waals surface area contributed by atoms with Gasteiger partial charge in [-0.05, 0) is 32.9 Å². The van der Waals surface area contributed by atoms with E-state index >= 15 is 0 Å². The maximum atomic E-state index is 13.1. The van der Waals surface area contributed by atoms with Gasteiger partial charge in [0.15, 0.2) is 0 Å². The van der Waals surface area contributed by atoms with Gasteiger partial charge in [0.25, 0.3) is 0 Å². The van der Waals surface area contributed by atoms with E-state index in [-0.39, 0.29) is 11.7 Å². The Kier molecular flexibility index (Phi) is 3.08. The summed E-state index contributed by atoms with van der Waals surface area (Å²) < 4.78 is 18.5. The second kappa shape index (κ2) is 4.10. The van der Waals surface area contributed by atoms with E-state index in [1.54, 1.807) is 13.0 Å². The van der Waals surface area contributed by atoms with E-state index in [0.717, 1.165) is 0 Å². The predicted molar refractivity (Wildman–Crippen MR) is 51.6 cm³/mol. The summed E-state index contributed by atoms with van der Waals surface area (Å²) in [6.07, 6.45) is 0.0192. The molecule has 2 nitrogen and oxygen atoms in total. The summed E-state index contributed by atoms with van der Waals surface area (Å²) in [5.41, 5.74) is 0.615. The maximum Gasteiger partial charge on any atom is 0.141 e. The van der Waals surface area contributed by atoms with Crippen LogP contribution >= 0.6 is 0 Å². The van der Waals surface area contributed by atoms with Crippen molar-refractivity contribution in [2.24, 2.45) is 0 Å². The van der Waals surface area contributed by atoms with Gasteiger partial charge < -0.3 is 4.74 Å². The Bertz CT molecular complexity index is 380. The van der Waals surface area contributed by atoms with Gasteiger partial charge in [-0.25, -0.2) is 4.39 Å². The van der Waals surface area contributed by atoms with Crippen LogP contribution in [0.2, 0.25) is 0 Å². The van der Waals surface area contributed by atoms with Crippen molar-refractivity contribution in [3.63, 3.8) is 0 Å². The largest absolute Gasteiger partial charge is 0.491 e. The number of nitrogens with zero attached hydrogens (tertiary/aromatic N) is 1. The molecular weight excluding hydrogens is 181 g/mol. The quantitative estimate of drug-likeness (QED) is 0.723. The Morgan fingerprint density at radius 3 is 2.57 bits per heavy atom. The van der Waals surface area contributed by atoms with E-state index in [1.807, 2.05) is 19.9 Å². The highest BCUT2D eigenvalue weighted by Crippen LogP contribution is 2.24. The Hall–Kier alpha value is -1.56. The molecule has 0 aliphatic rings. The van der Waals surface area contributed by atoms with Gasteiger partial charge in [0.05, 0.1) is 11.7 Å². The molecule has 0 amide bonds. The number of halogens is 1. The van der Waals surface area contributed by atoms with Gasteiger partial charge in [0.2, 0.25) is 0 Å². The lowest BCUT2D eigenvalue weighted by Gasteiger charge is -2.13. The molecule has 3 heteroatoms. The third-order valence-electron chi connectivity index (χ3n) is 1.84. The van der Waals surface area contributed by atoms with Crippen LogP contribution in [0.5, 0.6) is 5.75 Å². The highest BCUT2D eigenvalue weighted by molar-refractivity contribution is 5.46. The summed E-state index contributed by atoms with van der Waals surface area (Å²) in [5, 5.41) is 8.71. The summed E-state index contributed by atoms with van der Waals surface area (Å²) in [7, 11) is 0. The van der Waals surface area contributed by atoms with E-state index in [4.69, 9.17) is 10.00 Å². The third-order valence-corrected chi connectivity index (χ3v) is 1.84. The average molecular weight is 193 g/mol. The van der Waals surface area contributed by atoms with Gasteiger partial charge in [0.1, 0.15) is 17.6 Å². The average Bonchev–Trinajstić information content (AvgIpc) is 2.10. The molecule has 0 aromatic heterocycles. The predicted octanol–water partition coefficient (Wildman–Crippen LogP) is 2.79. The van der Waals surface area contributed by atoms with Gasteiger partial charge in [-0.1, -0.05) is 0 Å². The fraction of sp³-hybridized carbons (Fsp3) is 0.364. The van der Waals surface area contributed by atoms with Crippen LogP contribution < -0.4 is 4.74 Å². The number of hydrogen-bond donors (Lipinski definition) is 0. The zero-order valence-electron chi connectivity index (χ0n) is 8.47. The standard InChI is InChI=1S/C11H12FNO/c1-7(2)14-11-5-4-10(12)9(6-13)8(11)3/h4-5,7H,1-3H3. The minimum atomic E-state index is -0.499. The summed E-state index contributed by atoms with van der Waals surface area (Å²) in [6, 6.07) is 4.62. The second-order valence-electron chi connectivity index (χ2n) is 3.32. The SMILES string of the molecule is Cc1c(OC(C)C)ccc(F)c1C#N. The van der Waals surface area contributed by atoms with Crippen molar-refractivity contribution in [2.45, 2.75) is 26.9 Å². The summed E-state index contributed by atoms with van der Waals surface area (Å²) >= 11 is 0. The zero-order chi connectivity index (χ0) is 10.7. The van der Waals surface area contributed by atoms with E-state index < -0.39 is 5.82 Å². The molecule has 0 bridgehead atoms. The maximum absolute atomic E-state index is 13.1. The highest BCUT2D eigenvalue weighted by Gasteiger charge is 2.10. The molecule has 74 valence electrons. The summed E-state index contributed by atoms with van der Waals surface area (Å²) in [6.45, 7) is 5.45. The molecule has 1 aromatic carbocycles. The number of rotatable bonds is 2. The van der Waals surface area contributed by atoms with Crippen LogP contribution in [0.15, 0.2) is 12.1 Å². The van der Waals surface area contributed by atoms with Gasteiger partial charge in [-0.15, -0.1) is 0 Å². The normalized spacial score (nSPS) is 10.0. The topological polar surface area (TPSA) is 33.0 Å². The van der Waals surface area contributed by atoms with Gasteiger partial charge in [-0.2, -0.15) is 5.26 Å². The number of benzene rings is 1. The lowest BCUT2D eigenvalue weighted by molar-refractivity contribution is 0.240. The first-order valence-electron chi connectivity index (χ1n) is 4.42. The molecule has 0 heterocycles. The molecule has 0 saturated carbocycles. The zero-order valence-corrected chi connectivity index (χ0v) is 8.47. The van der Waals surface area contributed by atoms with E-state index in [2.05, 4.69) is 0 Å². The first kappa shape index (κ1) is 10.5. The van der Waals surface area contributed by atoms with Gasteiger partial charge in [-0.3, -0.25) is 0 Å². The molecule has 1 aromatic rings. The molecule has 0 atom stereocenters. The van der Waals surface area contributed by atoms with Crippen LogP contribution in [0.4, 0.5) is 4.39 Å². The van der Waals surface area contributed by atoms with Crippen LogP contribution in [0.25, 0.3) is 0 Å². The molecular formula is C11H12FNO. The van der Waals surface area contributed by atoms with Crippen molar-refractivity contribution >= 4 is 0 Å². The molecule has 14 heavy (non-hydrogen) atoms. The minimum Gasteiger partial charge on any atom is -0.491 e. The molecule has 0 N–H and O–H groups in total. The van der Waals surface area contributed by atoms with Crippen molar-refractivity contribution in [3.05, 3.63) is 29.1 Å². The number of hydrogen-bond acceptors (Lipinski definition) is 2. The lowest BCUT2D eigenvalue weighted by Crippen LogP contribution is -2.07. The van der Waals surface area contributed by atoms with E-state index in [1.165, 1.54) is 6.07 Å². The number of ether oxygens (including phenoxy) is 1. The van der Waals surface area contributed by atoms with Crippen LogP contribution in [0.1, 0.15) is 25.0 Å². The highest BCUT2D eigenvalue weighted by atomic mass is 19.1. The minimum absolute atomic E-state index is 0.0192. The Morgan fingerprint density at radius 1 is 1.43 bits per heavy atom. The molecule has 0 fully saturated rings. The summed E-state index contributed by atoms with van der Waals surface area (Å²) in [4.78, 5) is 0. The fourth-order valence-corrected chi connectivity index (χ4v) is 1.18. The number of nitriles is 1. The fourth-order valence-electron chi connectivity index (χ4n) is 1.18. The molecule has 0 aliphatic carbocycles. The van der Waals surface area contributed by atoms with Crippen molar-refractivity contribution in [3.8, 4) is 11.8 Å².